The molecule has 0 aliphatic carbocycles. The molecule has 164 valence electrons. The highest BCUT2D eigenvalue weighted by molar-refractivity contribution is 5.99. The Bertz CT molecular complexity index is 826. The van der Waals surface area contributed by atoms with Crippen LogP contribution in [0.4, 0.5) is 13.2 Å². The number of benzene rings is 1. The summed E-state index contributed by atoms with van der Waals surface area (Å²) in [7, 11) is 1.60. The molecule has 2 fully saturated rings. The molecule has 1 aromatic carbocycles. The highest BCUT2D eigenvalue weighted by Crippen LogP contribution is 2.26. The van der Waals surface area contributed by atoms with Gasteiger partial charge >= 0.3 is 6.36 Å². The third kappa shape index (κ3) is 4.52. The fraction of sp³-hybridized carbons (Fsp3) is 0.550. The highest BCUT2D eigenvalue weighted by Gasteiger charge is 2.47. The van der Waals surface area contributed by atoms with Crippen LogP contribution in [0, 0.1) is 5.92 Å². The van der Waals surface area contributed by atoms with Gasteiger partial charge in [-0.25, -0.2) is 0 Å². The van der Waals surface area contributed by atoms with E-state index in [1.807, 2.05) is 13.8 Å². The maximum atomic E-state index is 12.9. The number of hydrogen-bond acceptors (Lipinski definition) is 4. The first kappa shape index (κ1) is 21.9. The summed E-state index contributed by atoms with van der Waals surface area (Å²) in [5, 5.41) is 0. The molecular formula is C20H24F3N3O4. The second-order valence-electron chi connectivity index (χ2n) is 7.97. The van der Waals surface area contributed by atoms with Crippen molar-refractivity contribution >= 4 is 17.7 Å². The first-order chi connectivity index (χ1) is 14.0. The average molecular weight is 427 g/mol. The Morgan fingerprint density at radius 2 is 1.77 bits per heavy atom. The fourth-order valence-electron chi connectivity index (χ4n) is 3.88. The molecule has 0 N–H and O–H groups in total. The summed E-state index contributed by atoms with van der Waals surface area (Å²) in [5.41, 5.74) is 0.179. The summed E-state index contributed by atoms with van der Waals surface area (Å²) in [6, 6.07) is 3.37. The number of rotatable bonds is 4. The van der Waals surface area contributed by atoms with E-state index in [1.165, 1.54) is 21.9 Å². The summed E-state index contributed by atoms with van der Waals surface area (Å²) < 4.78 is 40.7. The second-order valence-corrected chi connectivity index (χ2v) is 7.97. The van der Waals surface area contributed by atoms with Crippen LogP contribution in [0.5, 0.6) is 5.75 Å². The van der Waals surface area contributed by atoms with Crippen LogP contribution in [0.1, 0.15) is 30.6 Å². The molecule has 7 nitrogen and oxygen atoms in total. The van der Waals surface area contributed by atoms with Crippen LogP contribution in [0.25, 0.3) is 0 Å². The van der Waals surface area contributed by atoms with Gasteiger partial charge in [0.05, 0.1) is 6.54 Å². The van der Waals surface area contributed by atoms with Crippen LogP contribution < -0.4 is 4.74 Å². The summed E-state index contributed by atoms with van der Waals surface area (Å²) >= 11 is 0. The molecule has 0 saturated carbocycles. The lowest BCUT2D eigenvalue weighted by atomic mass is 9.95. The van der Waals surface area contributed by atoms with Crippen LogP contribution in [0.2, 0.25) is 0 Å². The van der Waals surface area contributed by atoms with Gasteiger partial charge in [0.1, 0.15) is 17.8 Å². The predicted octanol–water partition coefficient (Wildman–Crippen LogP) is 2.12. The van der Waals surface area contributed by atoms with Gasteiger partial charge in [-0.1, -0.05) is 13.8 Å². The van der Waals surface area contributed by atoms with E-state index in [4.69, 9.17) is 0 Å². The number of carbonyl (C=O) groups is 3. The van der Waals surface area contributed by atoms with Crippen molar-refractivity contribution in [3.05, 3.63) is 29.8 Å². The van der Waals surface area contributed by atoms with E-state index in [2.05, 4.69) is 4.74 Å². The molecule has 0 unspecified atom stereocenters. The quantitative estimate of drug-likeness (QED) is 0.738. The van der Waals surface area contributed by atoms with Crippen molar-refractivity contribution in [2.24, 2.45) is 5.92 Å². The minimum Gasteiger partial charge on any atom is -0.406 e. The zero-order valence-electron chi connectivity index (χ0n) is 17.0. The van der Waals surface area contributed by atoms with Gasteiger partial charge in [-0.05, 0) is 36.6 Å². The number of alkyl halides is 3. The molecule has 10 heteroatoms. The molecule has 2 saturated heterocycles. The summed E-state index contributed by atoms with van der Waals surface area (Å²) in [5.74, 6) is -0.920. The number of nitrogens with zero attached hydrogens (tertiary/aromatic N) is 3. The smallest absolute Gasteiger partial charge is 0.406 e. The monoisotopic (exact) mass is 427 g/mol. The van der Waals surface area contributed by atoms with E-state index >= 15 is 0 Å². The normalized spacial score (nSPS) is 22.4. The maximum absolute atomic E-state index is 12.9. The average Bonchev–Trinajstić information content (AvgIpc) is 2.68. The molecule has 30 heavy (non-hydrogen) atoms. The molecule has 2 atom stereocenters. The number of carbonyl (C=O) groups excluding carboxylic acids is 3. The molecule has 0 radical (unpaired) electrons. The molecular weight excluding hydrogens is 403 g/mol. The number of ether oxygens (including phenoxy) is 1. The van der Waals surface area contributed by atoms with Crippen molar-refractivity contribution in [3.63, 3.8) is 0 Å². The van der Waals surface area contributed by atoms with E-state index in [1.54, 1.807) is 11.9 Å². The lowest BCUT2D eigenvalue weighted by Gasteiger charge is -2.48. The molecule has 1 aromatic rings. The van der Waals surface area contributed by atoms with Gasteiger partial charge in [0.2, 0.25) is 11.8 Å². The number of hydrogen-bond donors (Lipinski definition) is 0. The number of amides is 3. The summed E-state index contributed by atoms with van der Waals surface area (Å²) in [6.45, 7) is 4.49. The fourth-order valence-corrected chi connectivity index (χ4v) is 3.88. The van der Waals surface area contributed by atoms with Crippen LogP contribution in [-0.4, -0.2) is 77.5 Å². The van der Waals surface area contributed by atoms with E-state index < -0.39 is 30.1 Å². The van der Waals surface area contributed by atoms with Gasteiger partial charge < -0.3 is 19.4 Å². The Morgan fingerprint density at radius 1 is 1.13 bits per heavy atom. The first-order valence-electron chi connectivity index (χ1n) is 9.70. The van der Waals surface area contributed by atoms with Crippen molar-refractivity contribution in [2.75, 3.05) is 26.7 Å². The van der Waals surface area contributed by atoms with Gasteiger partial charge in [0.15, 0.2) is 0 Å². The number of halogens is 3. The van der Waals surface area contributed by atoms with E-state index in [-0.39, 0.29) is 42.9 Å². The zero-order chi connectivity index (χ0) is 22.2. The van der Waals surface area contributed by atoms with E-state index in [0.29, 0.717) is 6.42 Å². The second kappa shape index (κ2) is 8.16. The Kier molecular flexibility index (Phi) is 5.96. The van der Waals surface area contributed by atoms with Crippen LogP contribution in [0.3, 0.4) is 0 Å². The maximum Gasteiger partial charge on any atom is 0.573 e. The Labute approximate surface area is 172 Å². The minimum absolute atomic E-state index is 0.0446. The van der Waals surface area contributed by atoms with Crippen molar-refractivity contribution in [1.29, 1.82) is 0 Å². The van der Waals surface area contributed by atoms with E-state index in [9.17, 15) is 27.6 Å². The van der Waals surface area contributed by atoms with Crippen LogP contribution in [0.15, 0.2) is 24.3 Å². The lowest BCUT2D eigenvalue weighted by molar-refractivity contribution is -0.274. The highest BCUT2D eigenvalue weighted by atomic mass is 19.4. The van der Waals surface area contributed by atoms with Crippen molar-refractivity contribution in [3.8, 4) is 5.75 Å². The van der Waals surface area contributed by atoms with Crippen molar-refractivity contribution in [2.45, 2.75) is 38.7 Å². The van der Waals surface area contributed by atoms with Gasteiger partial charge in [-0.2, -0.15) is 0 Å². The van der Waals surface area contributed by atoms with Gasteiger partial charge in [-0.3, -0.25) is 14.4 Å². The predicted molar refractivity (Wildman–Crippen MR) is 101 cm³/mol. The van der Waals surface area contributed by atoms with Crippen molar-refractivity contribution in [1.82, 2.24) is 14.7 Å². The molecule has 0 aromatic heterocycles. The minimum atomic E-state index is -4.81. The van der Waals surface area contributed by atoms with Crippen LogP contribution in [-0.2, 0) is 9.59 Å². The Balaban J connectivity index is 1.70. The first-order valence-corrected chi connectivity index (χ1v) is 9.70. The Hall–Kier alpha value is -2.78. The largest absolute Gasteiger partial charge is 0.573 e. The molecule has 3 rings (SSSR count). The van der Waals surface area contributed by atoms with Gasteiger partial charge in [-0.15, -0.1) is 13.2 Å². The SMILES string of the molecule is CC(C)C[C@H]1C(=O)N2CCN(C(=O)c3ccc(OC(F)(F)F)cc3)C[C@@H]2C(=O)N1C. The third-order valence-electron chi connectivity index (χ3n) is 5.37. The van der Waals surface area contributed by atoms with Gasteiger partial charge in [0, 0.05) is 25.7 Å². The Morgan fingerprint density at radius 3 is 2.33 bits per heavy atom. The summed E-state index contributed by atoms with van der Waals surface area (Å²) in [6.07, 6.45) is -4.24. The number of likely N-dealkylation sites (N-methyl/N-ethyl adjacent to an activating group) is 1. The molecule has 2 aliphatic rings. The van der Waals surface area contributed by atoms with Crippen LogP contribution >= 0.6 is 0 Å². The topological polar surface area (TPSA) is 70.2 Å². The lowest BCUT2D eigenvalue weighted by Crippen LogP contribution is -2.69. The molecule has 2 aliphatic heterocycles. The number of fused-ring (bicyclic) bond motifs is 1. The standard InChI is InChI=1S/C20H24F3N3O4/c1-12(2)10-15-19(29)26-9-8-25(11-16(26)18(28)24(15)3)17(27)13-4-6-14(7-5-13)30-20(21,22)23/h4-7,12,15-16H,8-11H2,1-3H3/t15-,16+/m0/s1. The molecule has 2 heterocycles. The van der Waals surface area contributed by atoms with E-state index in [0.717, 1.165) is 12.1 Å². The van der Waals surface area contributed by atoms with Crippen molar-refractivity contribution < 1.29 is 32.3 Å². The van der Waals surface area contributed by atoms with Gasteiger partial charge in [0.25, 0.3) is 5.91 Å². The molecule has 0 spiro atoms. The molecule has 0 bridgehead atoms. The zero-order valence-corrected chi connectivity index (χ0v) is 17.0. The number of piperazine rings is 2. The summed E-state index contributed by atoms with van der Waals surface area (Å²) in [4.78, 5) is 43.0. The third-order valence-corrected chi connectivity index (χ3v) is 5.37. The molecule has 3 amide bonds.